The number of ether oxygens (including phenoxy) is 1. The minimum absolute atomic E-state index is 0.322. The van der Waals surface area contributed by atoms with Crippen LogP contribution < -0.4 is 5.32 Å². The van der Waals surface area contributed by atoms with Gasteiger partial charge in [0.1, 0.15) is 0 Å². The number of rotatable bonds is 2. The van der Waals surface area contributed by atoms with Crippen LogP contribution >= 0.6 is 12.2 Å². The van der Waals surface area contributed by atoms with Crippen LogP contribution in [0.4, 0.5) is 5.69 Å². The largest absolute Gasteiger partial charge is 0.471 e. The Morgan fingerprint density at radius 3 is 3.07 bits per heavy atom. The van der Waals surface area contributed by atoms with Crippen LogP contribution in [0, 0.1) is 11.3 Å². The summed E-state index contributed by atoms with van der Waals surface area (Å²) in [6.07, 6.45) is 0. The van der Waals surface area contributed by atoms with E-state index in [1.807, 2.05) is 19.1 Å². The lowest BCUT2D eigenvalue weighted by molar-refractivity contribution is 0.335. The molecule has 0 heterocycles. The van der Waals surface area contributed by atoms with Gasteiger partial charge < -0.3 is 10.1 Å². The van der Waals surface area contributed by atoms with Crippen LogP contribution in [-0.2, 0) is 4.74 Å². The van der Waals surface area contributed by atoms with Crippen LogP contribution in [0.2, 0.25) is 0 Å². The molecule has 3 nitrogen and oxygen atoms in total. The fourth-order valence-electron chi connectivity index (χ4n) is 0.952. The fraction of sp³-hybridized carbons (Fsp3) is 0.200. The van der Waals surface area contributed by atoms with E-state index in [2.05, 4.69) is 5.32 Å². The number of hydrogen-bond acceptors (Lipinski definition) is 3. The van der Waals surface area contributed by atoms with E-state index in [1.165, 1.54) is 0 Å². The van der Waals surface area contributed by atoms with Gasteiger partial charge in [-0.2, -0.15) is 5.26 Å². The molecular formula is C10H10N2OS. The summed E-state index contributed by atoms with van der Waals surface area (Å²) in [6, 6.07) is 9.11. The lowest BCUT2D eigenvalue weighted by atomic mass is 10.2. The number of hydrogen-bond donors (Lipinski definition) is 1. The quantitative estimate of drug-likeness (QED) is 0.754. The van der Waals surface area contributed by atoms with Crippen molar-refractivity contribution in [3.63, 3.8) is 0 Å². The molecule has 14 heavy (non-hydrogen) atoms. The Labute approximate surface area is 88.3 Å². The molecule has 0 aliphatic rings. The van der Waals surface area contributed by atoms with Gasteiger partial charge in [0.15, 0.2) is 0 Å². The second kappa shape index (κ2) is 5.20. The Morgan fingerprint density at radius 2 is 2.43 bits per heavy atom. The van der Waals surface area contributed by atoms with Crippen molar-refractivity contribution in [2.75, 3.05) is 11.9 Å². The van der Waals surface area contributed by atoms with Gasteiger partial charge >= 0.3 is 0 Å². The lowest BCUT2D eigenvalue weighted by Gasteiger charge is -2.07. The highest BCUT2D eigenvalue weighted by Crippen LogP contribution is 2.09. The molecule has 0 saturated carbocycles. The molecule has 0 fully saturated rings. The molecule has 1 aromatic carbocycles. The molecule has 0 spiro atoms. The highest BCUT2D eigenvalue weighted by molar-refractivity contribution is 7.80. The zero-order valence-electron chi connectivity index (χ0n) is 7.78. The number of nitriles is 1. The van der Waals surface area contributed by atoms with Gasteiger partial charge in [0, 0.05) is 5.69 Å². The van der Waals surface area contributed by atoms with Gasteiger partial charge in [-0.1, -0.05) is 6.07 Å². The zero-order valence-corrected chi connectivity index (χ0v) is 8.60. The molecule has 0 aromatic heterocycles. The average molecular weight is 206 g/mol. The smallest absolute Gasteiger partial charge is 0.261 e. The molecule has 4 heteroatoms. The maximum atomic E-state index is 8.66. The van der Waals surface area contributed by atoms with Crippen LogP contribution in [0.25, 0.3) is 0 Å². The van der Waals surface area contributed by atoms with E-state index in [0.717, 1.165) is 5.69 Å². The second-order valence-corrected chi connectivity index (χ2v) is 2.91. The molecule has 1 N–H and O–H groups in total. The fourth-order valence-corrected chi connectivity index (χ4v) is 1.19. The maximum Gasteiger partial charge on any atom is 0.261 e. The lowest BCUT2D eigenvalue weighted by Crippen LogP contribution is -2.12. The first-order valence-corrected chi connectivity index (χ1v) is 4.61. The first-order valence-electron chi connectivity index (χ1n) is 4.20. The van der Waals surface area contributed by atoms with Crippen molar-refractivity contribution in [1.82, 2.24) is 0 Å². The number of nitrogens with zero attached hydrogens (tertiary/aromatic N) is 1. The van der Waals surface area contributed by atoms with E-state index in [4.69, 9.17) is 22.2 Å². The summed E-state index contributed by atoms with van der Waals surface area (Å²) in [6.45, 7) is 2.39. The molecule has 0 saturated heterocycles. The first kappa shape index (κ1) is 10.5. The molecule has 0 atom stereocenters. The molecular weight excluding hydrogens is 196 g/mol. The van der Waals surface area contributed by atoms with E-state index in [9.17, 15) is 0 Å². The molecule has 0 radical (unpaired) electrons. The third kappa shape index (κ3) is 3.04. The van der Waals surface area contributed by atoms with Crippen LogP contribution in [-0.4, -0.2) is 11.8 Å². The molecule has 0 aliphatic carbocycles. The van der Waals surface area contributed by atoms with Crippen LogP contribution in [0.5, 0.6) is 0 Å². The monoisotopic (exact) mass is 206 g/mol. The van der Waals surface area contributed by atoms with E-state index in [1.54, 1.807) is 18.2 Å². The predicted octanol–water partition coefficient (Wildman–Crippen LogP) is 2.29. The van der Waals surface area contributed by atoms with Gasteiger partial charge in [-0.25, -0.2) is 0 Å². The van der Waals surface area contributed by atoms with Crippen LogP contribution in [0.3, 0.4) is 0 Å². The summed E-state index contributed by atoms with van der Waals surface area (Å²) < 4.78 is 5.06. The van der Waals surface area contributed by atoms with Crippen LogP contribution in [0.15, 0.2) is 24.3 Å². The SMILES string of the molecule is CCOC(=S)Nc1cccc(C#N)c1. The summed E-state index contributed by atoms with van der Waals surface area (Å²) in [7, 11) is 0. The van der Waals surface area contributed by atoms with E-state index < -0.39 is 0 Å². The third-order valence-electron chi connectivity index (χ3n) is 1.51. The number of benzene rings is 1. The van der Waals surface area contributed by atoms with Crippen molar-refractivity contribution >= 4 is 23.1 Å². The predicted molar refractivity (Wildman–Crippen MR) is 59.0 cm³/mol. The van der Waals surface area contributed by atoms with Gasteiger partial charge in [-0.05, 0) is 37.3 Å². The van der Waals surface area contributed by atoms with Crippen molar-refractivity contribution in [3.05, 3.63) is 29.8 Å². The highest BCUT2D eigenvalue weighted by Gasteiger charge is 1.98. The Bertz CT molecular complexity index is 371. The molecule has 0 amide bonds. The normalized spacial score (nSPS) is 8.86. The van der Waals surface area contributed by atoms with Crippen molar-refractivity contribution in [1.29, 1.82) is 5.26 Å². The van der Waals surface area contributed by atoms with E-state index in [0.29, 0.717) is 17.3 Å². The van der Waals surface area contributed by atoms with Crippen molar-refractivity contribution in [2.45, 2.75) is 6.92 Å². The minimum atomic E-state index is 0.322. The summed E-state index contributed by atoms with van der Waals surface area (Å²) in [4.78, 5) is 0. The van der Waals surface area contributed by atoms with Gasteiger partial charge in [0.2, 0.25) is 0 Å². The Hall–Kier alpha value is -1.60. The molecule has 72 valence electrons. The summed E-state index contributed by atoms with van der Waals surface area (Å²) >= 11 is 4.90. The average Bonchev–Trinajstić information content (AvgIpc) is 2.18. The minimum Gasteiger partial charge on any atom is -0.471 e. The molecule has 0 unspecified atom stereocenters. The molecule has 1 rings (SSSR count). The summed E-state index contributed by atoms with van der Waals surface area (Å²) in [5.74, 6) is 0. The number of anilines is 1. The third-order valence-corrected chi connectivity index (χ3v) is 1.73. The van der Waals surface area contributed by atoms with Gasteiger partial charge in [0.25, 0.3) is 5.17 Å². The van der Waals surface area contributed by atoms with Crippen molar-refractivity contribution in [2.24, 2.45) is 0 Å². The molecule has 0 aliphatic heterocycles. The number of thiocarbonyl (C=S) groups is 1. The first-order chi connectivity index (χ1) is 6.76. The maximum absolute atomic E-state index is 8.66. The topological polar surface area (TPSA) is 45.0 Å². The Morgan fingerprint density at radius 1 is 1.64 bits per heavy atom. The second-order valence-electron chi connectivity index (χ2n) is 2.54. The van der Waals surface area contributed by atoms with Crippen LogP contribution in [0.1, 0.15) is 12.5 Å². The summed E-state index contributed by atoms with van der Waals surface area (Å²) in [5.41, 5.74) is 1.36. The standard InChI is InChI=1S/C10H10N2OS/c1-2-13-10(14)12-9-5-3-4-8(6-9)7-11/h3-6H,2H2,1H3,(H,12,14). The Kier molecular flexibility index (Phi) is 3.89. The van der Waals surface area contributed by atoms with Crippen molar-refractivity contribution in [3.8, 4) is 6.07 Å². The zero-order chi connectivity index (χ0) is 10.4. The molecule has 0 bridgehead atoms. The van der Waals surface area contributed by atoms with Crippen molar-refractivity contribution < 1.29 is 4.74 Å². The number of nitrogens with one attached hydrogen (secondary N) is 1. The summed E-state index contributed by atoms with van der Waals surface area (Å²) in [5, 5.41) is 11.9. The van der Waals surface area contributed by atoms with Gasteiger partial charge in [-0.15, -0.1) is 0 Å². The van der Waals surface area contributed by atoms with Gasteiger partial charge in [0.05, 0.1) is 18.2 Å². The Balaban J connectivity index is 2.68. The molecule has 1 aromatic rings. The van der Waals surface area contributed by atoms with Gasteiger partial charge in [-0.3, -0.25) is 0 Å². The highest BCUT2D eigenvalue weighted by atomic mass is 32.1. The van der Waals surface area contributed by atoms with E-state index in [-0.39, 0.29) is 0 Å². The van der Waals surface area contributed by atoms with E-state index >= 15 is 0 Å².